The van der Waals surface area contributed by atoms with Crippen LogP contribution in [0.4, 0.5) is 0 Å². The van der Waals surface area contributed by atoms with Crippen LogP contribution in [0.1, 0.15) is 6.42 Å². The molecule has 0 amide bonds. The van der Waals surface area contributed by atoms with Gasteiger partial charge in [-0.15, -0.1) is 0 Å². The van der Waals surface area contributed by atoms with Crippen molar-refractivity contribution in [3.05, 3.63) is 0 Å². The molecule has 0 rings (SSSR count). The van der Waals surface area contributed by atoms with Crippen molar-refractivity contribution in [1.29, 1.82) is 5.41 Å². The molecule has 58 valence electrons. The maximum atomic E-state index is 10.2. The van der Waals surface area contributed by atoms with Gasteiger partial charge in [0.15, 0.2) is 0 Å². The molecule has 0 spiro atoms. The highest BCUT2D eigenvalue weighted by Gasteiger charge is 2.18. The van der Waals surface area contributed by atoms with E-state index in [-0.39, 0.29) is 6.42 Å². The Balaban J connectivity index is 4.36. The van der Waals surface area contributed by atoms with E-state index < -0.39 is 15.4 Å². The van der Waals surface area contributed by atoms with Gasteiger partial charge >= 0.3 is 0 Å². The molecule has 0 saturated carbocycles. The molecule has 10 heavy (non-hydrogen) atoms. The summed E-state index contributed by atoms with van der Waals surface area (Å²) in [6.45, 7) is 0. The van der Waals surface area contributed by atoms with Crippen molar-refractivity contribution in [3.63, 3.8) is 0 Å². The number of hydrogen-bond donors (Lipinski definition) is 2. The van der Waals surface area contributed by atoms with Gasteiger partial charge in [-0.1, -0.05) is 0 Å². The third kappa shape index (κ3) is 2.70. The zero-order chi connectivity index (χ0) is 8.20. The normalized spacial score (nSPS) is 14.1. The Morgan fingerprint density at radius 1 is 1.60 bits per heavy atom. The van der Waals surface area contributed by atoms with Crippen molar-refractivity contribution in [2.75, 3.05) is 0 Å². The van der Waals surface area contributed by atoms with E-state index in [4.69, 9.17) is 9.96 Å². The maximum absolute atomic E-state index is 10.2. The van der Waals surface area contributed by atoms with Crippen molar-refractivity contribution in [2.45, 2.75) is 11.7 Å². The third-order valence-electron chi connectivity index (χ3n) is 0.897. The molecule has 0 aliphatic rings. The molecule has 1 unspecified atom stereocenters. The Labute approximate surface area is 58.3 Å². The summed E-state index contributed by atoms with van der Waals surface area (Å²) in [6, 6.07) is 0. The largest absolute Gasteiger partial charge is 0.312 e. The van der Waals surface area contributed by atoms with Gasteiger partial charge in [0.2, 0.25) is 0 Å². The number of rotatable bonds is 4. The molecule has 0 saturated heterocycles. The van der Waals surface area contributed by atoms with E-state index in [1.807, 2.05) is 0 Å². The Kier molecular flexibility index (Phi) is 3.17. The van der Waals surface area contributed by atoms with Crippen molar-refractivity contribution in [3.8, 4) is 0 Å². The van der Waals surface area contributed by atoms with Crippen LogP contribution < -0.4 is 0 Å². The van der Waals surface area contributed by atoms with Crippen LogP contribution in [0.15, 0.2) is 0 Å². The lowest BCUT2D eigenvalue weighted by Crippen LogP contribution is -2.21. The highest BCUT2D eigenvalue weighted by Crippen LogP contribution is 1.97. The second-order valence-electron chi connectivity index (χ2n) is 1.62. The van der Waals surface area contributed by atoms with Gasteiger partial charge in [-0.2, -0.15) is 8.42 Å². The van der Waals surface area contributed by atoms with E-state index in [1.165, 1.54) is 0 Å². The summed E-state index contributed by atoms with van der Waals surface area (Å²) in [5.41, 5.74) is 0. The van der Waals surface area contributed by atoms with Gasteiger partial charge in [0.25, 0.3) is 10.1 Å². The van der Waals surface area contributed by atoms with Crippen LogP contribution >= 0.6 is 0 Å². The lowest BCUT2D eigenvalue weighted by atomic mass is 10.3. The highest BCUT2D eigenvalue weighted by molar-refractivity contribution is 7.87. The monoisotopic (exact) mass is 165 g/mol. The zero-order valence-corrected chi connectivity index (χ0v) is 5.84. The van der Waals surface area contributed by atoms with Gasteiger partial charge < -0.3 is 10.2 Å². The van der Waals surface area contributed by atoms with Crippen LogP contribution in [0.3, 0.4) is 0 Å². The van der Waals surface area contributed by atoms with Gasteiger partial charge in [0.05, 0.1) is 0 Å². The zero-order valence-electron chi connectivity index (χ0n) is 5.02. The van der Waals surface area contributed by atoms with Gasteiger partial charge in [-0.05, 0) is 0 Å². The Morgan fingerprint density at radius 3 is 2.20 bits per heavy atom. The standard InChI is InChI=1S/C4H7NO4S/c5-3-4(1-2-6)10(7,8)9/h2-5H,1H2,(H,7,8,9). The van der Waals surface area contributed by atoms with E-state index in [1.54, 1.807) is 0 Å². The number of nitrogens with one attached hydrogen (secondary N) is 1. The van der Waals surface area contributed by atoms with E-state index in [0.29, 0.717) is 12.5 Å². The van der Waals surface area contributed by atoms with E-state index in [9.17, 15) is 13.2 Å². The molecule has 2 N–H and O–H groups in total. The fourth-order valence-electron chi connectivity index (χ4n) is 0.370. The smallest absolute Gasteiger partial charge is 0.273 e. The number of carbonyl (C=O) groups is 1. The van der Waals surface area contributed by atoms with Crippen LogP contribution in [0.25, 0.3) is 0 Å². The minimum absolute atomic E-state index is 0.337. The SMILES string of the molecule is N=CC(CC=O)S(=O)(=O)O. The fourth-order valence-corrected chi connectivity index (χ4v) is 0.864. The van der Waals surface area contributed by atoms with Crippen LogP contribution in [0.5, 0.6) is 0 Å². The summed E-state index contributed by atoms with van der Waals surface area (Å²) < 4.78 is 28.7. The molecule has 1 atom stereocenters. The molecule has 0 radical (unpaired) electrons. The topological polar surface area (TPSA) is 95.3 Å². The van der Waals surface area contributed by atoms with Gasteiger partial charge in [-0.25, -0.2) is 0 Å². The first-order chi connectivity index (χ1) is 4.52. The number of hydrogen-bond acceptors (Lipinski definition) is 4. The molecular formula is C4H7NO4S. The molecular weight excluding hydrogens is 158 g/mol. The summed E-state index contributed by atoms with van der Waals surface area (Å²) in [7, 11) is -4.25. The molecule has 0 fully saturated rings. The molecule has 5 nitrogen and oxygen atoms in total. The lowest BCUT2D eigenvalue weighted by molar-refractivity contribution is -0.107. The van der Waals surface area contributed by atoms with Crippen LogP contribution in [0.2, 0.25) is 0 Å². The number of carbonyl (C=O) groups excluding carboxylic acids is 1. The predicted octanol–water partition coefficient (Wildman–Crippen LogP) is -0.519. The second-order valence-corrected chi connectivity index (χ2v) is 3.26. The summed E-state index contributed by atoms with van der Waals surface area (Å²) in [4.78, 5) is 9.74. The van der Waals surface area contributed by atoms with E-state index in [2.05, 4.69) is 0 Å². The van der Waals surface area contributed by atoms with Crippen LogP contribution in [0, 0.1) is 5.41 Å². The predicted molar refractivity (Wildman–Crippen MR) is 34.8 cm³/mol. The summed E-state index contributed by atoms with van der Waals surface area (Å²) in [5, 5.41) is 5.11. The lowest BCUT2D eigenvalue weighted by Gasteiger charge is -2.00. The molecule has 0 heterocycles. The molecule has 0 aromatic carbocycles. The second kappa shape index (κ2) is 3.43. The average molecular weight is 165 g/mol. The van der Waals surface area contributed by atoms with Crippen LogP contribution in [-0.2, 0) is 14.9 Å². The van der Waals surface area contributed by atoms with E-state index >= 15 is 0 Å². The van der Waals surface area contributed by atoms with Crippen LogP contribution in [-0.4, -0.2) is 30.7 Å². The molecule has 0 bridgehead atoms. The number of aldehydes is 1. The first-order valence-electron chi connectivity index (χ1n) is 2.43. The van der Waals surface area contributed by atoms with Gasteiger partial charge in [0, 0.05) is 12.6 Å². The van der Waals surface area contributed by atoms with Gasteiger partial charge in [-0.3, -0.25) is 4.55 Å². The molecule has 6 heteroatoms. The minimum atomic E-state index is -4.25. The van der Waals surface area contributed by atoms with E-state index in [0.717, 1.165) is 0 Å². The van der Waals surface area contributed by atoms with Crippen molar-refractivity contribution >= 4 is 22.6 Å². The molecule has 0 aromatic rings. The first-order valence-corrected chi connectivity index (χ1v) is 3.93. The van der Waals surface area contributed by atoms with Crippen molar-refractivity contribution in [2.24, 2.45) is 0 Å². The quantitative estimate of drug-likeness (QED) is 0.333. The Morgan fingerprint density at radius 2 is 2.10 bits per heavy atom. The average Bonchev–Trinajstić information content (AvgIpc) is 1.80. The third-order valence-corrected chi connectivity index (χ3v) is 1.99. The van der Waals surface area contributed by atoms with Crippen molar-refractivity contribution < 1.29 is 17.8 Å². The fraction of sp³-hybridized carbons (Fsp3) is 0.500. The minimum Gasteiger partial charge on any atom is -0.312 e. The first kappa shape index (κ1) is 9.25. The Bertz CT molecular complexity index is 219. The highest BCUT2D eigenvalue weighted by atomic mass is 32.2. The summed E-state index contributed by atoms with van der Waals surface area (Å²) in [5.74, 6) is 0. The van der Waals surface area contributed by atoms with Gasteiger partial charge in [0.1, 0.15) is 11.5 Å². The maximum Gasteiger partial charge on any atom is 0.273 e. The molecule has 0 aromatic heterocycles. The van der Waals surface area contributed by atoms with Crippen molar-refractivity contribution in [1.82, 2.24) is 0 Å². The summed E-state index contributed by atoms with van der Waals surface area (Å²) >= 11 is 0. The molecule has 0 aliphatic heterocycles. The Hall–Kier alpha value is -0.750. The summed E-state index contributed by atoms with van der Waals surface area (Å²) in [6.07, 6.45) is 0.482. The molecule has 0 aliphatic carbocycles.